The first-order valence-corrected chi connectivity index (χ1v) is 9.31. The summed E-state index contributed by atoms with van der Waals surface area (Å²) in [4.78, 5) is 18.2. The number of nitrogens with one attached hydrogen (secondary N) is 1. The van der Waals surface area contributed by atoms with Gasteiger partial charge in [0.2, 0.25) is 0 Å². The summed E-state index contributed by atoms with van der Waals surface area (Å²) in [6.07, 6.45) is 2.03. The average molecular weight is 361 g/mol. The first kappa shape index (κ1) is 16.5. The van der Waals surface area contributed by atoms with Gasteiger partial charge < -0.3 is 5.32 Å². The van der Waals surface area contributed by atoms with Crippen LogP contribution in [0.1, 0.15) is 27.2 Å². The Morgan fingerprint density at radius 1 is 1.08 bits per heavy atom. The Morgan fingerprint density at radius 2 is 1.85 bits per heavy atom. The van der Waals surface area contributed by atoms with Crippen LogP contribution < -0.4 is 5.32 Å². The van der Waals surface area contributed by atoms with E-state index in [4.69, 9.17) is 0 Å². The van der Waals surface area contributed by atoms with E-state index in [9.17, 15) is 4.79 Å². The van der Waals surface area contributed by atoms with Crippen LogP contribution in [0.5, 0.6) is 0 Å². The van der Waals surface area contributed by atoms with Gasteiger partial charge in [0.15, 0.2) is 4.96 Å². The highest BCUT2D eigenvalue weighted by molar-refractivity contribution is 7.15. The lowest BCUT2D eigenvalue weighted by atomic mass is 10.1. The fourth-order valence-electron chi connectivity index (χ4n) is 3.10. The second-order valence-electron chi connectivity index (χ2n) is 6.57. The summed E-state index contributed by atoms with van der Waals surface area (Å²) < 4.78 is 2.08. The van der Waals surface area contributed by atoms with Crippen molar-refractivity contribution in [3.05, 3.63) is 76.4 Å². The number of hydrogen-bond donors (Lipinski definition) is 1. The van der Waals surface area contributed by atoms with Crippen molar-refractivity contribution in [1.29, 1.82) is 0 Å². The number of anilines is 1. The van der Waals surface area contributed by atoms with E-state index in [-0.39, 0.29) is 5.91 Å². The molecule has 2 heterocycles. The minimum atomic E-state index is -0.101. The zero-order valence-corrected chi connectivity index (χ0v) is 15.7. The van der Waals surface area contributed by atoms with E-state index in [1.54, 1.807) is 11.3 Å². The smallest absolute Gasteiger partial charge is 0.255 e. The van der Waals surface area contributed by atoms with Crippen molar-refractivity contribution in [3.63, 3.8) is 0 Å². The van der Waals surface area contributed by atoms with Gasteiger partial charge in [-0.05, 0) is 45.0 Å². The Labute approximate surface area is 156 Å². The third-order valence-corrected chi connectivity index (χ3v) is 5.25. The van der Waals surface area contributed by atoms with E-state index in [0.29, 0.717) is 5.56 Å². The summed E-state index contributed by atoms with van der Waals surface area (Å²) in [5.41, 5.74) is 6.66. The lowest BCUT2D eigenvalue weighted by Gasteiger charge is -2.08. The van der Waals surface area contributed by atoms with Crippen LogP contribution in [0, 0.1) is 20.8 Å². The maximum Gasteiger partial charge on any atom is 0.255 e. The summed E-state index contributed by atoms with van der Waals surface area (Å²) in [7, 11) is 0. The highest BCUT2D eigenvalue weighted by Gasteiger charge is 2.10. The summed E-state index contributed by atoms with van der Waals surface area (Å²) >= 11 is 1.63. The van der Waals surface area contributed by atoms with Crippen molar-refractivity contribution in [2.24, 2.45) is 0 Å². The molecule has 0 aliphatic heterocycles. The van der Waals surface area contributed by atoms with E-state index in [1.165, 1.54) is 5.69 Å². The van der Waals surface area contributed by atoms with Gasteiger partial charge in [-0.2, -0.15) is 0 Å². The number of thiazole rings is 1. The molecule has 5 heteroatoms. The van der Waals surface area contributed by atoms with Gasteiger partial charge in [0.25, 0.3) is 5.91 Å². The molecule has 2 aromatic heterocycles. The maximum absolute atomic E-state index is 12.6. The molecule has 130 valence electrons. The van der Waals surface area contributed by atoms with E-state index in [0.717, 1.165) is 33.0 Å². The number of aryl methyl sites for hydroxylation is 3. The topological polar surface area (TPSA) is 46.4 Å². The van der Waals surface area contributed by atoms with Gasteiger partial charge in [0, 0.05) is 34.1 Å². The predicted molar refractivity (Wildman–Crippen MR) is 107 cm³/mol. The average Bonchev–Trinajstić information content (AvgIpc) is 3.17. The van der Waals surface area contributed by atoms with Gasteiger partial charge in [0.05, 0.1) is 5.69 Å². The molecule has 2 aromatic carbocycles. The molecule has 0 bridgehead atoms. The van der Waals surface area contributed by atoms with Crippen molar-refractivity contribution in [2.75, 3.05) is 5.32 Å². The summed E-state index contributed by atoms with van der Waals surface area (Å²) in [6.45, 7) is 6.06. The highest BCUT2D eigenvalue weighted by Crippen LogP contribution is 2.25. The zero-order valence-electron chi connectivity index (χ0n) is 14.9. The number of imidazole rings is 1. The first-order valence-electron chi connectivity index (χ1n) is 8.43. The Morgan fingerprint density at radius 3 is 2.58 bits per heavy atom. The largest absolute Gasteiger partial charge is 0.322 e. The first-order chi connectivity index (χ1) is 12.5. The Balaban J connectivity index is 1.62. The molecule has 0 radical (unpaired) electrons. The Hall–Kier alpha value is -2.92. The lowest BCUT2D eigenvalue weighted by Crippen LogP contribution is -2.12. The van der Waals surface area contributed by atoms with Crippen LogP contribution in [0.25, 0.3) is 16.2 Å². The van der Waals surface area contributed by atoms with Crippen molar-refractivity contribution < 1.29 is 4.79 Å². The number of amides is 1. The molecule has 0 saturated carbocycles. The van der Waals surface area contributed by atoms with Crippen LogP contribution in [-0.2, 0) is 0 Å². The minimum absolute atomic E-state index is 0.101. The Bertz CT molecular complexity index is 1100. The molecule has 0 saturated heterocycles. The maximum atomic E-state index is 12.6. The van der Waals surface area contributed by atoms with E-state index < -0.39 is 0 Å². The normalized spacial score (nSPS) is 11.0. The second-order valence-corrected chi connectivity index (χ2v) is 7.40. The summed E-state index contributed by atoms with van der Waals surface area (Å²) in [5, 5.41) is 5.08. The summed E-state index contributed by atoms with van der Waals surface area (Å²) in [6, 6.07) is 13.7. The zero-order chi connectivity index (χ0) is 18.3. The number of carbonyl (C=O) groups is 1. The van der Waals surface area contributed by atoms with Gasteiger partial charge >= 0.3 is 0 Å². The van der Waals surface area contributed by atoms with Crippen molar-refractivity contribution >= 4 is 27.9 Å². The molecule has 26 heavy (non-hydrogen) atoms. The number of hydrogen-bond acceptors (Lipinski definition) is 3. The minimum Gasteiger partial charge on any atom is -0.322 e. The van der Waals surface area contributed by atoms with Crippen molar-refractivity contribution in [3.8, 4) is 11.3 Å². The molecule has 4 rings (SSSR count). The number of fused-ring (bicyclic) bond motifs is 1. The predicted octanol–water partition coefficient (Wildman–Crippen LogP) is 5.24. The van der Waals surface area contributed by atoms with E-state index in [1.807, 2.05) is 56.4 Å². The number of rotatable bonds is 3. The number of aromatic nitrogens is 2. The molecule has 0 atom stereocenters. The van der Waals surface area contributed by atoms with Gasteiger partial charge in [-0.15, -0.1) is 11.3 Å². The van der Waals surface area contributed by atoms with Crippen LogP contribution in [0.15, 0.2) is 54.0 Å². The molecule has 0 aliphatic rings. The number of benzene rings is 2. The molecule has 1 amide bonds. The quantitative estimate of drug-likeness (QED) is 0.542. The fourth-order valence-corrected chi connectivity index (χ4v) is 3.95. The molecule has 0 aliphatic carbocycles. The molecule has 4 aromatic rings. The molecule has 0 unspecified atom stereocenters. The third-order valence-electron chi connectivity index (χ3n) is 4.29. The molecule has 1 N–H and O–H groups in total. The molecule has 0 fully saturated rings. The Kier molecular flexibility index (Phi) is 4.09. The number of nitrogens with zero attached hydrogens (tertiary/aromatic N) is 2. The molecular formula is C21H19N3OS. The summed E-state index contributed by atoms with van der Waals surface area (Å²) in [5.74, 6) is -0.101. The standard InChI is InChI=1S/C21H19N3OS/c1-13-7-14(2)9-17(8-13)20(25)22-18-6-4-5-16(10-18)19-11-24-15(3)12-26-21(24)23-19/h4-12H,1-3H3,(H,22,25). The molecular weight excluding hydrogens is 342 g/mol. The fraction of sp³-hybridized carbons (Fsp3) is 0.143. The van der Waals surface area contributed by atoms with Crippen LogP contribution in [0.2, 0.25) is 0 Å². The monoisotopic (exact) mass is 361 g/mol. The van der Waals surface area contributed by atoms with Gasteiger partial charge in [0.1, 0.15) is 0 Å². The van der Waals surface area contributed by atoms with Gasteiger partial charge in [-0.1, -0.05) is 29.3 Å². The third kappa shape index (κ3) is 3.13. The van der Waals surface area contributed by atoms with Crippen LogP contribution >= 0.6 is 11.3 Å². The number of carbonyl (C=O) groups excluding carboxylic acids is 1. The highest BCUT2D eigenvalue weighted by atomic mass is 32.1. The molecule has 0 spiro atoms. The van der Waals surface area contributed by atoms with E-state index >= 15 is 0 Å². The van der Waals surface area contributed by atoms with Gasteiger partial charge in [-0.25, -0.2) is 4.98 Å². The lowest BCUT2D eigenvalue weighted by molar-refractivity contribution is 0.102. The van der Waals surface area contributed by atoms with Gasteiger partial charge in [-0.3, -0.25) is 9.20 Å². The van der Waals surface area contributed by atoms with Crippen LogP contribution in [0.4, 0.5) is 5.69 Å². The van der Waals surface area contributed by atoms with E-state index in [2.05, 4.69) is 33.1 Å². The SMILES string of the molecule is Cc1cc(C)cc(C(=O)Nc2cccc(-c3cn4c(C)csc4n3)c2)c1. The molecule has 4 nitrogen and oxygen atoms in total. The van der Waals surface area contributed by atoms with Crippen molar-refractivity contribution in [2.45, 2.75) is 20.8 Å². The van der Waals surface area contributed by atoms with Crippen LogP contribution in [-0.4, -0.2) is 15.3 Å². The van der Waals surface area contributed by atoms with Crippen molar-refractivity contribution in [1.82, 2.24) is 9.38 Å². The van der Waals surface area contributed by atoms with Crippen LogP contribution in [0.3, 0.4) is 0 Å². The second kappa shape index (κ2) is 6.42.